The van der Waals surface area contributed by atoms with E-state index in [9.17, 15) is 34.2 Å². The van der Waals surface area contributed by atoms with Crippen molar-refractivity contribution in [2.45, 2.75) is 78.3 Å². The zero-order chi connectivity index (χ0) is 30.1. The number of carbonyl (C=O) groups is 5. The number of nitrogens with one attached hydrogen (secondary N) is 2. The van der Waals surface area contributed by atoms with Crippen LogP contribution in [0.4, 0.5) is 0 Å². The van der Waals surface area contributed by atoms with E-state index in [2.05, 4.69) is 10.6 Å². The lowest BCUT2D eigenvalue weighted by molar-refractivity contribution is -0.141. The molecule has 0 saturated carbocycles. The number of amides is 2. The van der Waals surface area contributed by atoms with E-state index >= 15 is 0 Å². The van der Waals surface area contributed by atoms with Gasteiger partial charge in [-0.25, -0.2) is 0 Å². The molecule has 4 N–H and O–H groups in total. The molecule has 0 fully saturated rings. The predicted molar refractivity (Wildman–Crippen MR) is 148 cm³/mol. The van der Waals surface area contributed by atoms with Gasteiger partial charge in [0.1, 0.15) is 5.75 Å². The third-order valence-corrected chi connectivity index (χ3v) is 6.09. The van der Waals surface area contributed by atoms with Gasteiger partial charge in [-0.05, 0) is 49.8 Å². The predicted octanol–water partition coefficient (Wildman–Crippen LogP) is 2.42. The van der Waals surface area contributed by atoms with Gasteiger partial charge in [-0.3, -0.25) is 24.0 Å². The summed E-state index contributed by atoms with van der Waals surface area (Å²) < 4.78 is 10.6. The fraction of sp³-hybridized carbons (Fsp3) is 0.621. The summed E-state index contributed by atoms with van der Waals surface area (Å²) in [5.41, 5.74) is 0.712. The van der Waals surface area contributed by atoms with Crippen molar-refractivity contribution in [2.24, 2.45) is 11.8 Å². The summed E-state index contributed by atoms with van der Waals surface area (Å²) >= 11 is 0. The first-order valence-corrected chi connectivity index (χ1v) is 13.7. The molecule has 0 aliphatic heterocycles. The molecule has 40 heavy (non-hydrogen) atoms. The number of hydrogen-bond acceptors (Lipinski definition) is 8. The first-order valence-electron chi connectivity index (χ1n) is 13.7. The Morgan fingerprint density at radius 3 is 2.10 bits per heavy atom. The average Bonchev–Trinajstić information content (AvgIpc) is 2.87. The van der Waals surface area contributed by atoms with E-state index in [0.717, 1.165) is 0 Å². The summed E-state index contributed by atoms with van der Waals surface area (Å²) in [6.07, 6.45) is 0.104. The van der Waals surface area contributed by atoms with Gasteiger partial charge >= 0.3 is 5.97 Å². The molecule has 3 atom stereocenters. The van der Waals surface area contributed by atoms with Crippen molar-refractivity contribution in [3.63, 3.8) is 0 Å². The van der Waals surface area contributed by atoms with Gasteiger partial charge in [0.15, 0.2) is 11.6 Å². The van der Waals surface area contributed by atoms with Crippen molar-refractivity contribution in [1.82, 2.24) is 10.6 Å². The van der Waals surface area contributed by atoms with Crippen LogP contribution in [0.25, 0.3) is 0 Å². The average molecular weight is 565 g/mol. The van der Waals surface area contributed by atoms with Crippen LogP contribution in [0.1, 0.15) is 65.4 Å². The Morgan fingerprint density at radius 2 is 1.52 bits per heavy atom. The molecule has 11 heteroatoms. The first kappa shape index (κ1) is 34.7. The maximum Gasteiger partial charge on any atom is 0.305 e. The van der Waals surface area contributed by atoms with Crippen LogP contribution in [-0.2, 0) is 39.9 Å². The number of aromatic hydroxyl groups is 1. The zero-order valence-corrected chi connectivity index (χ0v) is 23.9. The van der Waals surface area contributed by atoms with Gasteiger partial charge in [-0.15, -0.1) is 0 Å². The molecule has 0 radical (unpaired) electrons. The number of benzene rings is 1. The number of ketones is 2. The molecule has 0 aliphatic carbocycles. The van der Waals surface area contributed by atoms with Crippen molar-refractivity contribution in [1.29, 1.82) is 0 Å². The summed E-state index contributed by atoms with van der Waals surface area (Å²) in [6, 6.07) is 4.10. The van der Waals surface area contributed by atoms with E-state index in [-0.39, 0.29) is 36.7 Å². The maximum absolute atomic E-state index is 13.3. The molecule has 11 nitrogen and oxygen atoms in total. The zero-order valence-electron chi connectivity index (χ0n) is 23.9. The van der Waals surface area contributed by atoms with Crippen LogP contribution in [0.15, 0.2) is 24.3 Å². The fourth-order valence-corrected chi connectivity index (χ4v) is 4.19. The van der Waals surface area contributed by atoms with Crippen LogP contribution in [0.3, 0.4) is 0 Å². The Kier molecular flexibility index (Phi) is 16.4. The minimum atomic E-state index is -1.23. The molecule has 0 saturated heterocycles. The number of carbonyl (C=O) groups excluding carboxylic acids is 4. The molecule has 1 aromatic rings. The number of carboxylic acid groups (broad SMARTS) is 1. The van der Waals surface area contributed by atoms with Gasteiger partial charge in [0, 0.05) is 38.9 Å². The largest absolute Gasteiger partial charge is 0.508 e. The number of ether oxygens (including phenoxy) is 2. The molecule has 0 bridgehead atoms. The molecule has 0 aliphatic rings. The van der Waals surface area contributed by atoms with Crippen LogP contribution in [0.2, 0.25) is 0 Å². The minimum Gasteiger partial charge on any atom is -0.508 e. The van der Waals surface area contributed by atoms with Gasteiger partial charge in [0.25, 0.3) is 0 Å². The fourth-order valence-electron chi connectivity index (χ4n) is 4.19. The molecule has 0 spiro atoms. The molecule has 2 amide bonds. The monoisotopic (exact) mass is 564 g/mol. The maximum atomic E-state index is 13.3. The number of Topliss-reactive ketones (excluding diaryl/α,β-unsaturated/α-hetero) is 2. The van der Waals surface area contributed by atoms with E-state index in [0.29, 0.717) is 44.8 Å². The molecule has 224 valence electrons. The Morgan fingerprint density at radius 1 is 0.875 bits per heavy atom. The van der Waals surface area contributed by atoms with Crippen molar-refractivity contribution in [3.8, 4) is 5.75 Å². The summed E-state index contributed by atoms with van der Waals surface area (Å²) in [7, 11) is 0. The van der Waals surface area contributed by atoms with Crippen LogP contribution >= 0.6 is 0 Å². The number of rotatable bonds is 21. The molecule has 0 aromatic heterocycles. The van der Waals surface area contributed by atoms with E-state index in [1.54, 1.807) is 12.1 Å². The highest BCUT2D eigenvalue weighted by molar-refractivity contribution is 5.95. The van der Waals surface area contributed by atoms with Gasteiger partial charge in [-0.1, -0.05) is 26.0 Å². The Labute approximate surface area is 236 Å². The Hall–Kier alpha value is -3.31. The number of phenolic OH excluding ortho intramolecular Hbond substituents is 1. The highest BCUT2D eigenvalue weighted by atomic mass is 16.5. The molecule has 1 aromatic carbocycles. The van der Waals surface area contributed by atoms with Gasteiger partial charge < -0.3 is 30.3 Å². The molecular formula is C29H44N2O9. The SMILES string of the molecule is CCOCCOCCCC(=O)[C@H](CC(=O)O)NC(=O)[C@H](CC(=O)[C@H](Cc1ccc(O)cc1)NC(C)=O)CC(C)C. The summed E-state index contributed by atoms with van der Waals surface area (Å²) in [5.74, 6) is -3.74. The van der Waals surface area contributed by atoms with E-state index in [4.69, 9.17) is 9.47 Å². The summed E-state index contributed by atoms with van der Waals surface area (Å²) in [5, 5.41) is 24.1. The van der Waals surface area contributed by atoms with Crippen LogP contribution < -0.4 is 10.6 Å². The van der Waals surface area contributed by atoms with Gasteiger partial charge in [0.05, 0.1) is 31.7 Å². The van der Waals surface area contributed by atoms with Crippen LogP contribution in [-0.4, -0.2) is 78.1 Å². The second-order valence-electron chi connectivity index (χ2n) is 10.2. The number of hydrogen-bond donors (Lipinski definition) is 4. The van der Waals surface area contributed by atoms with Gasteiger partial charge in [0.2, 0.25) is 11.8 Å². The van der Waals surface area contributed by atoms with Crippen molar-refractivity contribution in [3.05, 3.63) is 29.8 Å². The van der Waals surface area contributed by atoms with E-state index in [1.807, 2.05) is 20.8 Å². The Balaban J connectivity index is 2.91. The second-order valence-corrected chi connectivity index (χ2v) is 10.2. The summed E-state index contributed by atoms with van der Waals surface area (Å²) in [4.78, 5) is 62.6. The highest BCUT2D eigenvalue weighted by Gasteiger charge is 2.31. The van der Waals surface area contributed by atoms with Crippen molar-refractivity contribution in [2.75, 3.05) is 26.4 Å². The third-order valence-electron chi connectivity index (χ3n) is 6.09. The lowest BCUT2D eigenvalue weighted by Gasteiger charge is -2.24. The second kappa shape index (κ2) is 18.9. The van der Waals surface area contributed by atoms with Crippen molar-refractivity contribution >= 4 is 29.4 Å². The smallest absolute Gasteiger partial charge is 0.305 e. The molecular weight excluding hydrogens is 520 g/mol. The molecule has 1 rings (SSSR count). The first-order chi connectivity index (χ1) is 18.9. The minimum absolute atomic E-state index is 0.0257. The highest BCUT2D eigenvalue weighted by Crippen LogP contribution is 2.20. The molecule has 0 heterocycles. The van der Waals surface area contributed by atoms with E-state index in [1.165, 1.54) is 19.1 Å². The summed E-state index contributed by atoms with van der Waals surface area (Å²) in [6.45, 7) is 8.63. The standard InChI is InChI=1S/C29H44N2O9/c1-5-39-13-14-40-12-6-7-26(34)25(18-28(36)37)31-29(38)22(15-19(2)3)17-27(35)24(30-20(4)32)16-21-8-10-23(33)11-9-21/h8-11,19,22,24-25,33H,5-7,12-18H2,1-4H3,(H,30,32)(H,31,38)(H,36,37)/t22-,24-,25-/m0/s1. The normalized spacial score (nSPS) is 13.3. The van der Waals surface area contributed by atoms with E-state index < -0.39 is 48.0 Å². The number of aliphatic carboxylic acids is 1. The quantitative estimate of drug-likeness (QED) is 0.164. The molecule has 0 unspecified atom stereocenters. The number of carboxylic acids is 1. The van der Waals surface area contributed by atoms with Crippen molar-refractivity contribution < 1.29 is 43.7 Å². The lowest BCUT2D eigenvalue weighted by atomic mass is 9.88. The Bertz CT molecular complexity index is 963. The van der Waals surface area contributed by atoms with Gasteiger partial charge in [-0.2, -0.15) is 0 Å². The number of phenols is 1. The topological polar surface area (TPSA) is 168 Å². The van der Waals surface area contributed by atoms with Crippen LogP contribution in [0.5, 0.6) is 5.75 Å². The lowest BCUT2D eigenvalue weighted by Crippen LogP contribution is -2.47. The third kappa shape index (κ3) is 14.7. The van der Waals surface area contributed by atoms with Crippen LogP contribution in [0, 0.1) is 11.8 Å².